The van der Waals surface area contributed by atoms with E-state index in [9.17, 15) is 9.59 Å². The smallest absolute Gasteiger partial charge is 0.319 e. The Morgan fingerprint density at radius 3 is 2.29 bits per heavy atom. The molecule has 0 saturated heterocycles. The predicted octanol–water partition coefficient (Wildman–Crippen LogP) is 3.12. The Morgan fingerprint density at radius 1 is 1.04 bits per heavy atom. The number of rotatable bonds is 7. The van der Waals surface area contributed by atoms with Gasteiger partial charge in [-0.1, -0.05) is 6.08 Å². The van der Waals surface area contributed by atoms with Gasteiger partial charge in [0, 0.05) is 35.2 Å². The topological polar surface area (TPSA) is 83.1 Å². The summed E-state index contributed by atoms with van der Waals surface area (Å²) in [7, 11) is 0. The van der Waals surface area contributed by atoms with E-state index < -0.39 is 0 Å². The molecule has 1 heterocycles. The molecule has 0 bridgehead atoms. The average molecular weight is 342 g/mol. The fourth-order valence-corrected chi connectivity index (χ4v) is 2.44. The maximum Gasteiger partial charge on any atom is 0.319 e. The number of amides is 3. The molecule has 0 fully saturated rings. The van der Waals surface area contributed by atoms with Crippen molar-refractivity contribution in [3.8, 4) is 0 Å². The van der Waals surface area contributed by atoms with Gasteiger partial charge < -0.3 is 16.0 Å². The summed E-state index contributed by atoms with van der Waals surface area (Å²) in [5.41, 5.74) is 1.31. The minimum atomic E-state index is -0.305. The second kappa shape index (κ2) is 9.36. The van der Waals surface area contributed by atoms with Gasteiger partial charge in [0.2, 0.25) is 5.91 Å². The standard InChI is InChI=1S/C17H18N4O2S/c1-2-9-19-17(23)21-14-5-3-13(4-6-14)20-16(22)12-24-15-7-10-18-11-8-15/h2-8,10-11H,1,9,12H2,(H,20,22)(H2,19,21,23). The second-order valence-corrected chi connectivity index (χ2v) is 5.77. The lowest BCUT2D eigenvalue weighted by Gasteiger charge is -2.08. The molecule has 0 unspecified atom stereocenters. The third-order valence-corrected chi connectivity index (χ3v) is 3.87. The van der Waals surface area contributed by atoms with Crippen LogP contribution in [-0.2, 0) is 4.79 Å². The van der Waals surface area contributed by atoms with Gasteiger partial charge in [-0.15, -0.1) is 18.3 Å². The molecule has 2 aromatic rings. The first-order chi connectivity index (χ1) is 11.7. The number of hydrogen-bond donors (Lipinski definition) is 3. The fraction of sp³-hybridized carbons (Fsp3) is 0.118. The second-order valence-electron chi connectivity index (χ2n) is 4.72. The van der Waals surface area contributed by atoms with Gasteiger partial charge in [0.1, 0.15) is 0 Å². The van der Waals surface area contributed by atoms with E-state index in [0.29, 0.717) is 23.7 Å². The molecule has 0 aliphatic heterocycles. The highest BCUT2D eigenvalue weighted by Crippen LogP contribution is 2.17. The summed E-state index contributed by atoms with van der Waals surface area (Å²) in [4.78, 5) is 28.4. The molecule has 3 N–H and O–H groups in total. The van der Waals surface area contributed by atoms with Crippen molar-refractivity contribution in [1.29, 1.82) is 0 Å². The molecule has 6 nitrogen and oxygen atoms in total. The number of anilines is 2. The van der Waals surface area contributed by atoms with Gasteiger partial charge in [-0.2, -0.15) is 0 Å². The first-order valence-electron chi connectivity index (χ1n) is 7.26. The van der Waals surface area contributed by atoms with E-state index in [0.717, 1.165) is 4.90 Å². The SMILES string of the molecule is C=CCNC(=O)Nc1ccc(NC(=O)CSc2ccncc2)cc1. The first-order valence-corrected chi connectivity index (χ1v) is 8.24. The lowest BCUT2D eigenvalue weighted by molar-refractivity contribution is -0.113. The molecular weight excluding hydrogens is 324 g/mol. The highest BCUT2D eigenvalue weighted by atomic mass is 32.2. The minimum Gasteiger partial charge on any atom is -0.334 e. The number of carbonyl (C=O) groups excluding carboxylic acids is 2. The monoisotopic (exact) mass is 342 g/mol. The molecule has 2 rings (SSSR count). The van der Waals surface area contributed by atoms with Crippen molar-refractivity contribution in [1.82, 2.24) is 10.3 Å². The van der Waals surface area contributed by atoms with Crippen LogP contribution in [0.25, 0.3) is 0 Å². The zero-order valence-corrected chi connectivity index (χ0v) is 13.8. The van der Waals surface area contributed by atoms with Crippen LogP contribution in [0.4, 0.5) is 16.2 Å². The summed E-state index contributed by atoms with van der Waals surface area (Å²) in [6.45, 7) is 3.92. The van der Waals surface area contributed by atoms with Crippen molar-refractivity contribution >= 4 is 35.1 Å². The minimum absolute atomic E-state index is 0.0961. The summed E-state index contributed by atoms with van der Waals surface area (Å²) in [5, 5.41) is 8.11. The molecule has 124 valence electrons. The largest absolute Gasteiger partial charge is 0.334 e. The van der Waals surface area contributed by atoms with Crippen molar-refractivity contribution < 1.29 is 9.59 Å². The van der Waals surface area contributed by atoms with E-state index in [1.165, 1.54) is 11.8 Å². The van der Waals surface area contributed by atoms with E-state index >= 15 is 0 Å². The molecule has 0 saturated carbocycles. The highest BCUT2D eigenvalue weighted by molar-refractivity contribution is 8.00. The molecule has 0 atom stereocenters. The van der Waals surface area contributed by atoms with Crippen molar-refractivity contribution in [2.24, 2.45) is 0 Å². The van der Waals surface area contributed by atoms with Crippen LogP contribution in [0.5, 0.6) is 0 Å². The third-order valence-electron chi connectivity index (χ3n) is 2.85. The predicted molar refractivity (Wildman–Crippen MR) is 97.3 cm³/mol. The molecule has 3 amide bonds. The van der Waals surface area contributed by atoms with Gasteiger partial charge in [-0.3, -0.25) is 9.78 Å². The van der Waals surface area contributed by atoms with E-state index in [4.69, 9.17) is 0 Å². The summed E-state index contributed by atoms with van der Waals surface area (Å²) in [6.07, 6.45) is 4.98. The molecule has 0 spiro atoms. The summed E-state index contributed by atoms with van der Waals surface area (Å²) < 4.78 is 0. The highest BCUT2D eigenvalue weighted by Gasteiger charge is 2.05. The maximum absolute atomic E-state index is 11.9. The fourth-order valence-electron chi connectivity index (χ4n) is 1.76. The molecular formula is C17H18N4O2S. The number of carbonyl (C=O) groups is 2. The van der Waals surface area contributed by atoms with Crippen LogP contribution in [0.3, 0.4) is 0 Å². The Morgan fingerprint density at radius 2 is 1.67 bits per heavy atom. The summed E-state index contributed by atoms with van der Waals surface area (Å²) >= 11 is 1.44. The van der Waals surface area contributed by atoms with Crippen LogP contribution in [0.15, 0.2) is 66.3 Å². The van der Waals surface area contributed by atoms with Crippen molar-refractivity contribution in [3.05, 3.63) is 61.4 Å². The van der Waals surface area contributed by atoms with Gasteiger partial charge in [-0.05, 0) is 36.4 Å². The Balaban J connectivity index is 1.79. The lowest BCUT2D eigenvalue weighted by Crippen LogP contribution is -2.28. The van der Waals surface area contributed by atoms with Crippen LogP contribution < -0.4 is 16.0 Å². The number of benzene rings is 1. The summed E-state index contributed by atoms with van der Waals surface area (Å²) in [6, 6.07) is 10.3. The molecule has 0 aliphatic carbocycles. The number of pyridine rings is 1. The van der Waals surface area contributed by atoms with Gasteiger partial charge in [0.05, 0.1) is 5.75 Å². The maximum atomic E-state index is 11.9. The Labute approximate surface area is 144 Å². The molecule has 1 aromatic heterocycles. The average Bonchev–Trinajstić information content (AvgIpc) is 2.61. The summed E-state index contributed by atoms with van der Waals surface area (Å²) in [5.74, 6) is 0.217. The normalized spacial score (nSPS) is 9.83. The number of hydrogen-bond acceptors (Lipinski definition) is 4. The van der Waals surface area contributed by atoms with Gasteiger partial charge in [0.25, 0.3) is 0 Å². The Hall–Kier alpha value is -2.80. The Bertz CT molecular complexity index is 689. The van der Waals surface area contributed by atoms with Gasteiger partial charge >= 0.3 is 6.03 Å². The van der Waals surface area contributed by atoms with Crippen LogP contribution >= 0.6 is 11.8 Å². The van der Waals surface area contributed by atoms with E-state index in [-0.39, 0.29) is 11.9 Å². The van der Waals surface area contributed by atoms with Crippen molar-refractivity contribution in [2.75, 3.05) is 22.9 Å². The van der Waals surface area contributed by atoms with E-state index in [1.807, 2.05) is 12.1 Å². The lowest BCUT2D eigenvalue weighted by atomic mass is 10.3. The quantitative estimate of drug-likeness (QED) is 0.533. The van der Waals surface area contributed by atoms with Gasteiger partial charge in [-0.25, -0.2) is 4.79 Å². The van der Waals surface area contributed by atoms with Crippen molar-refractivity contribution in [3.63, 3.8) is 0 Å². The van der Waals surface area contributed by atoms with Crippen LogP contribution in [-0.4, -0.2) is 29.2 Å². The number of thioether (sulfide) groups is 1. The number of nitrogens with zero attached hydrogens (tertiary/aromatic N) is 1. The zero-order chi connectivity index (χ0) is 17.2. The first kappa shape index (κ1) is 17.6. The number of urea groups is 1. The molecule has 0 aliphatic rings. The third kappa shape index (κ3) is 6.13. The zero-order valence-electron chi connectivity index (χ0n) is 13.0. The van der Waals surface area contributed by atoms with Crippen molar-refractivity contribution in [2.45, 2.75) is 4.90 Å². The number of nitrogens with one attached hydrogen (secondary N) is 3. The van der Waals surface area contributed by atoms with Crippen LogP contribution in [0, 0.1) is 0 Å². The number of aromatic nitrogens is 1. The van der Waals surface area contributed by atoms with Crippen LogP contribution in [0.1, 0.15) is 0 Å². The Kier molecular flexibility index (Phi) is 6.85. The molecule has 7 heteroatoms. The van der Waals surface area contributed by atoms with E-state index in [1.54, 1.807) is 42.7 Å². The molecule has 24 heavy (non-hydrogen) atoms. The van der Waals surface area contributed by atoms with Crippen LogP contribution in [0.2, 0.25) is 0 Å². The molecule has 0 radical (unpaired) electrons. The molecule has 1 aromatic carbocycles. The van der Waals surface area contributed by atoms with E-state index in [2.05, 4.69) is 27.5 Å². The van der Waals surface area contributed by atoms with Gasteiger partial charge in [0.15, 0.2) is 0 Å².